The van der Waals surface area contributed by atoms with E-state index in [-0.39, 0.29) is 25.0 Å². The lowest BCUT2D eigenvalue weighted by molar-refractivity contribution is -0.144. The largest absolute Gasteiger partial charge is 0.480 e. The molecule has 0 bridgehead atoms. The highest BCUT2D eigenvalue weighted by Crippen LogP contribution is 2.26. The molecule has 0 aliphatic heterocycles. The van der Waals surface area contributed by atoms with Crippen LogP contribution < -0.4 is 10.6 Å². The van der Waals surface area contributed by atoms with E-state index in [1.807, 2.05) is 6.07 Å². The Hall–Kier alpha value is -2.57. The highest BCUT2D eigenvalue weighted by atomic mass is 16.4. The fraction of sp³-hybridized carbons (Fsp3) is 0.357. The topological polar surface area (TPSA) is 98.7 Å². The Kier molecular flexibility index (Phi) is 4.76. The number of anilines is 1. The van der Waals surface area contributed by atoms with Crippen LogP contribution in [-0.4, -0.2) is 47.0 Å². The second-order valence-corrected chi connectivity index (χ2v) is 4.82. The van der Waals surface area contributed by atoms with Gasteiger partial charge in [-0.05, 0) is 25.0 Å². The lowest BCUT2D eigenvalue weighted by Gasteiger charge is -2.20. The van der Waals surface area contributed by atoms with E-state index in [4.69, 9.17) is 5.11 Å². The van der Waals surface area contributed by atoms with Crippen molar-refractivity contribution in [2.75, 3.05) is 18.4 Å². The Morgan fingerprint density at radius 3 is 2.43 bits per heavy atom. The summed E-state index contributed by atoms with van der Waals surface area (Å²) in [5, 5.41) is 13.8. The minimum Gasteiger partial charge on any atom is -0.480 e. The van der Waals surface area contributed by atoms with Gasteiger partial charge in [0.1, 0.15) is 6.54 Å². The van der Waals surface area contributed by atoms with Crippen molar-refractivity contribution in [1.82, 2.24) is 10.2 Å². The summed E-state index contributed by atoms with van der Waals surface area (Å²) in [7, 11) is 0. The number of carbonyl (C=O) groups is 3. The van der Waals surface area contributed by atoms with Crippen molar-refractivity contribution in [2.45, 2.75) is 18.9 Å². The standard InChI is InChI=1S/C14H17N3O4/c18-12(17(9-13(19)20)11-6-7-11)8-15-14(21)16-10-4-2-1-3-5-10/h1-5,11H,6-9H2,(H,19,20)(H2,15,16,21). The fourth-order valence-electron chi connectivity index (χ4n) is 1.91. The lowest BCUT2D eigenvalue weighted by Crippen LogP contribution is -2.44. The minimum atomic E-state index is -1.05. The smallest absolute Gasteiger partial charge is 0.323 e. The summed E-state index contributed by atoms with van der Waals surface area (Å²) in [6, 6.07) is 8.33. The van der Waals surface area contributed by atoms with Gasteiger partial charge < -0.3 is 20.6 Å². The van der Waals surface area contributed by atoms with Crippen LogP contribution in [0.4, 0.5) is 10.5 Å². The Morgan fingerprint density at radius 1 is 1.19 bits per heavy atom. The molecule has 3 amide bonds. The molecule has 1 aromatic carbocycles. The molecule has 21 heavy (non-hydrogen) atoms. The number of amides is 3. The van der Waals surface area contributed by atoms with Gasteiger partial charge in [0.25, 0.3) is 0 Å². The van der Waals surface area contributed by atoms with Crippen molar-refractivity contribution >= 4 is 23.6 Å². The summed E-state index contributed by atoms with van der Waals surface area (Å²) in [5.74, 6) is -1.44. The molecule has 7 nitrogen and oxygen atoms in total. The van der Waals surface area contributed by atoms with Crippen LogP contribution in [0, 0.1) is 0 Å². The molecule has 3 N–H and O–H groups in total. The summed E-state index contributed by atoms with van der Waals surface area (Å²) < 4.78 is 0. The van der Waals surface area contributed by atoms with Crippen molar-refractivity contribution in [2.24, 2.45) is 0 Å². The van der Waals surface area contributed by atoms with Gasteiger partial charge in [-0.15, -0.1) is 0 Å². The van der Waals surface area contributed by atoms with Crippen molar-refractivity contribution in [3.8, 4) is 0 Å². The Bertz CT molecular complexity index is 528. The first-order chi connectivity index (χ1) is 10.1. The molecule has 2 rings (SSSR count). The van der Waals surface area contributed by atoms with Gasteiger partial charge in [-0.25, -0.2) is 4.79 Å². The number of hydrogen-bond acceptors (Lipinski definition) is 3. The molecule has 0 unspecified atom stereocenters. The lowest BCUT2D eigenvalue weighted by atomic mass is 10.3. The Labute approximate surface area is 121 Å². The predicted molar refractivity (Wildman–Crippen MR) is 75.8 cm³/mol. The van der Waals surface area contributed by atoms with E-state index >= 15 is 0 Å². The third kappa shape index (κ3) is 4.79. The molecule has 1 fully saturated rings. The zero-order chi connectivity index (χ0) is 15.2. The van der Waals surface area contributed by atoms with Gasteiger partial charge in [0.2, 0.25) is 5.91 Å². The average Bonchev–Trinajstić information content (AvgIpc) is 3.27. The number of carboxylic acids is 1. The zero-order valence-corrected chi connectivity index (χ0v) is 11.4. The number of carbonyl (C=O) groups excluding carboxylic acids is 2. The van der Waals surface area contributed by atoms with Gasteiger partial charge >= 0.3 is 12.0 Å². The molecule has 0 saturated heterocycles. The molecule has 112 valence electrons. The zero-order valence-electron chi connectivity index (χ0n) is 11.4. The van der Waals surface area contributed by atoms with E-state index in [1.54, 1.807) is 24.3 Å². The van der Waals surface area contributed by atoms with Crippen LogP contribution in [0.2, 0.25) is 0 Å². The van der Waals surface area contributed by atoms with Crippen LogP contribution >= 0.6 is 0 Å². The normalized spacial score (nSPS) is 13.3. The van der Waals surface area contributed by atoms with Gasteiger partial charge in [-0.1, -0.05) is 18.2 Å². The molecular weight excluding hydrogens is 274 g/mol. The maximum atomic E-state index is 11.9. The van der Waals surface area contributed by atoms with Crippen LogP contribution in [-0.2, 0) is 9.59 Å². The molecule has 7 heteroatoms. The summed E-state index contributed by atoms with van der Waals surface area (Å²) in [5.41, 5.74) is 0.618. The third-order valence-electron chi connectivity index (χ3n) is 3.05. The SMILES string of the molecule is O=C(O)CN(C(=O)CNC(=O)Nc1ccccc1)C1CC1. The van der Waals surface area contributed by atoms with Crippen LogP contribution in [0.25, 0.3) is 0 Å². The van der Waals surface area contributed by atoms with Gasteiger partial charge in [-0.2, -0.15) is 0 Å². The first-order valence-electron chi connectivity index (χ1n) is 6.67. The molecule has 1 aliphatic rings. The van der Waals surface area contributed by atoms with Crippen LogP contribution in [0.1, 0.15) is 12.8 Å². The molecule has 1 saturated carbocycles. The number of para-hydroxylation sites is 1. The van der Waals surface area contributed by atoms with Crippen LogP contribution in [0.3, 0.4) is 0 Å². The fourth-order valence-corrected chi connectivity index (χ4v) is 1.91. The van der Waals surface area contributed by atoms with Crippen molar-refractivity contribution in [1.29, 1.82) is 0 Å². The second kappa shape index (κ2) is 6.74. The van der Waals surface area contributed by atoms with Crippen molar-refractivity contribution < 1.29 is 19.5 Å². The molecule has 0 atom stereocenters. The monoisotopic (exact) mass is 291 g/mol. The van der Waals surface area contributed by atoms with Crippen LogP contribution in [0.5, 0.6) is 0 Å². The Morgan fingerprint density at radius 2 is 1.86 bits per heavy atom. The maximum absolute atomic E-state index is 11.9. The number of rotatable bonds is 6. The maximum Gasteiger partial charge on any atom is 0.323 e. The number of urea groups is 1. The molecule has 0 heterocycles. The number of hydrogen-bond donors (Lipinski definition) is 3. The second-order valence-electron chi connectivity index (χ2n) is 4.82. The highest BCUT2D eigenvalue weighted by Gasteiger charge is 2.33. The molecule has 0 radical (unpaired) electrons. The number of benzene rings is 1. The number of carboxylic acid groups (broad SMARTS) is 1. The van der Waals surface area contributed by atoms with Gasteiger partial charge in [0.05, 0.1) is 6.54 Å². The molecule has 1 aromatic rings. The molecule has 1 aliphatic carbocycles. The van der Waals surface area contributed by atoms with E-state index in [9.17, 15) is 14.4 Å². The predicted octanol–water partition coefficient (Wildman–Crippen LogP) is 0.884. The quantitative estimate of drug-likeness (QED) is 0.724. The highest BCUT2D eigenvalue weighted by molar-refractivity contribution is 5.92. The van der Waals surface area contributed by atoms with Crippen molar-refractivity contribution in [3.63, 3.8) is 0 Å². The van der Waals surface area contributed by atoms with E-state index < -0.39 is 12.0 Å². The Balaban J connectivity index is 1.79. The third-order valence-corrected chi connectivity index (χ3v) is 3.05. The minimum absolute atomic E-state index is 0.00687. The van der Waals surface area contributed by atoms with Gasteiger partial charge in [0.15, 0.2) is 0 Å². The number of aliphatic carboxylic acids is 1. The first kappa shape index (κ1) is 14.8. The molecule has 0 aromatic heterocycles. The van der Waals surface area contributed by atoms with E-state index in [1.165, 1.54) is 4.90 Å². The summed E-state index contributed by atoms with van der Waals surface area (Å²) in [4.78, 5) is 35.6. The molecule has 0 spiro atoms. The van der Waals surface area contributed by atoms with E-state index in [0.717, 1.165) is 12.8 Å². The number of nitrogens with one attached hydrogen (secondary N) is 2. The van der Waals surface area contributed by atoms with E-state index in [0.29, 0.717) is 5.69 Å². The van der Waals surface area contributed by atoms with E-state index in [2.05, 4.69) is 10.6 Å². The van der Waals surface area contributed by atoms with Gasteiger partial charge in [-0.3, -0.25) is 9.59 Å². The summed E-state index contributed by atoms with van der Waals surface area (Å²) in [6.45, 7) is -0.548. The van der Waals surface area contributed by atoms with Crippen molar-refractivity contribution in [3.05, 3.63) is 30.3 Å². The average molecular weight is 291 g/mol. The van der Waals surface area contributed by atoms with Gasteiger partial charge in [0, 0.05) is 11.7 Å². The summed E-state index contributed by atoms with van der Waals surface area (Å²) >= 11 is 0. The molecular formula is C14H17N3O4. The number of nitrogens with zero attached hydrogens (tertiary/aromatic N) is 1. The summed E-state index contributed by atoms with van der Waals surface area (Å²) in [6.07, 6.45) is 1.63. The first-order valence-corrected chi connectivity index (χ1v) is 6.67. The van der Waals surface area contributed by atoms with Crippen LogP contribution in [0.15, 0.2) is 30.3 Å².